The van der Waals surface area contributed by atoms with E-state index in [1.165, 1.54) is 16.0 Å². The van der Waals surface area contributed by atoms with Gasteiger partial charge in [-0.15, -0.1) is 11.3 Å². The van der Waals surface area contributed by atoms with E-state index in [1.807, 2.05) is 23.5 Å². The van der Waals surface area contributed by atoms with Crippen molar-refractivity contribution in [3.8, 4) is 5.75 Å². The molecule has 0 aliphatic carbocycles. The molecule has 2 nitrogen and oxygen atoms in total. The molecule has 0 saturated carbocycles. The van der Waals surface area contributed by atoms with Gasteiger partial charge in [0.1, 0.15) is 5.75 Å². The summed E-state index contributed by atoms with van der Waals surface area (Å²) in [6, 6.07) is 10.8. The second-order valence-corrected chi connectivity index (χ2v) is 5.68. The highest BCUT2D eigenvalue weighted by Gasteiger charge is 2.16. The Morgan fingerprint density at radius 3 is 2.68 bits per heavy atom. The molecule has 3 heteroatoms. The number of hydrogen-bond donors (Lipinski definition) is 1. The molecule has 1 atom stereocenters. The Labute approximate surface area is 119 Å². The Morgan fingerprint density at radius 2 is 2.05 bits per heavy atom. The van der Waals surface area contributed by atoms with Crippen molar-refractivity contribution < 1.29 is 4.74 Å². The molecule has 0 bridgehead atoms. The molecule has 0 aliphatic heterocycles. The molecule has 2 rings (SSSR count). The fourth-order valence-corrected chi connectivity index (χ4v) is 3.15. The van der Waals surface area contributed by atoms with Crippen molar-refractivity contribution in [2.75, 3.05) is 13.7 Å². The molecule has 19 heavy (non-hydrogen) atoms. The van der Waals surface area contributed by atoms with E-state index in [0.29, 0.717) is 6.04 Å². The summed E-state index contributed by atoms with van der Waals surface area (Å²) >= 11 is 1.81. The van der Waals surface area contributed by atoms with Gasteiger partial charge in [-0.3, -0.25) is 0 Å². The number of hydrogen-bond acceptors (Lipinski definition) is 3. The minimum absolute atomic E-state index is 0.354. The SMILES string of the molecule is CCNC(Cc1ccccc1OC)c1ccsc1C. The van der Waals surface area contributed by atoms with Gasteiger partial charge in [-0.25, -0.2) is 0 Å². The molecule has 1 N–H and O–H groups in total. The van der Waals surface area contributed by atoms with Crippen molar-refractivity contribution in [1.82, 2.24) is 5.32 Å². The Kier molecular flexibility index (Phi) is 5.00. The zero-order valence-corrected chi connectivity index (χ0v) is 12.6. The highest BCUT2D eigenvalue weighted by molar-refractivity contribution is 7.10. The molecule has 1 unspecified atom stereocenters. The van der Waals surface area contributed by atoms with Gasteiger partial charge in [-0.1, -0.05) is 25.1 Å². The molecule has 1 heterocycles. The van der Waals surface area contributed by atoms with E-state index in [0.717, 1.165) is 18.7 Å². The van der Waals surface area contributed by atoms with Gasteiger partial charge in [0.05, 0.1) is 7.11 Å². The summed E-state index contributed by atoms with van der Waals surface area (Å²) in [5.74, 6) is 0.971. The summed E-state index contributed by atoms with van der Waals surface area (Å²) in [4.78, 5) is 1.39. The zero-order valence-electron chi connectivity index (χ0n) is 11.8. The van der Waals surface area contributed by atoms with Crippen LogP contribution in [0.3, 0.4) is 0 Å². The predicted molar refractivity (Wildman–Crippen MR) is 82.2 cm³/mol. The van der Waals surface area contributed by atoms with Crippen molar-refractivity contribution in [3.05, 3.63) is 51.7 Å². The highest BCUT2D eigenvalue weighted by Crippen LogP contribution is 2.28. The summed E-state index contributed by atoms with van der Waals surface area (Å²) in [5.41, 5.74) is 2.65. The number of ether oxygens (including phenoxy) is 1. The average Bonchev–Trinajstić information content (AvgIpc) is 2.85. The molecule has 1 aromatic heterocycles. The van der Waals surface area contributed by atoms with Crippen molar-refractivity contribution in [2.24, 2.45) is 0 Å². The van der Waals surface area contributed by atoms with Crippen LogP contribution in [0.25, 0.3) is 0 Å². The number of benzene rings is 1. The minimum atomic E-state index is 0.354. The normalized spacial score (nSPS) is 12.4. The highest BCUT2D eigenvalue weighted by atomic mass is 32.1. The van der Waals surface area contributed by atoms with Gasteiger partial charge in [-0.05, 0) is 48.5 Å². The standard InChI is InChI=1S/C16H21NOS/c1-4-17-15(14-9-10-19-12(14)2)11-13-7-5-6-8-16(13)18-3/h5-10,15,17H,4,11H2,1-3H3. The fraction of sp³-hybridized carbons (Fsp3) is 0.375. The summed E-state index contributed by atoms with van der Waals surface area (Å²) in [6.07, 6.45) is 0.954. The summed E-state index contributed by atoms with van der Waals surface area (Å²) in [7, 11) is 1.73. The van der Waals surface area contributed by atoms with E-state index >= 15 is 0 Å². The van der Waals surface area contributed by atoms with E-state index in [-0.39, 0.29) is 0 Å². The molecule has 0 saturated heterocycles. The van der Waals surface area contributed by atoms with E-state index in [4.69, 9.17) is 4.74 Å². The number of rotatable bonds is 6. The summed E-state index contributed by atoms with van der Waals surface area (Å²) in [6.45, 7) is 5.30. The Hall–Kier alpha value is -1.32. The maximum absolute atomic E-state index is 5.45. The van der Waals surface area contributed by atoms with Crippen LogP contribution in [-0.2, 0) is 6.42 Å². The lowest BCUT2D eigenvalue weighted by Crippen LogP contribution is -2.23. The van der Waals surface area contributed by atoms with Crippen LogP contribution in [0.15, 0.2) is 35.7 Å². The van der Waals surface area contributed by atoms with Crippen molar-refractivity contribution in [1.29, 1.82) is 0 Å². The molecule has 2 aromatic rings. The number of likely N-dealkylation sites (N-methyl/N-ethyl adjacent to an activating group) is 1. The maximum atomic E-state index is 5.45. The number of thiophene rings is 1. The molecule has 102 valence electrons. The second kappa shape index (κ2) is 6.73. The average molecular weight is 275 g/mol. The zero-order chi connectivity index (χ0) is 13.7. The monoisotopic (exact) mass is 275 g/mol. The molecular formula is C16H21NOS. The van der Waals surface area contributed by atoms with Crippen LogP contribution in [-0.4, -0.2) is 13.7 Å². The lowest BCUT2D eigenvalue weighted by atomic mass is 9.99. The van der Waals surface area contributed by atoms with Crippen LogP contribution in [0.1, 0.15) is 29.0 Å². The van der Waals surface area contributed by atoms with E-state index in [9.17, 15) is 0 Å². The number of nitrogens with one attached hydrogen (secondary N) is 1. The van der Waals surface area contributed by atoms with Crippen molar-refractivity contribution >= 4 is 11.3 Å². The largest absolute Gasteiger partial charge is 0.496 e. The predicted octanol–water partition coefficient (Wildman–Crippen LogP) is 3.96. The Morgan fingerprint density at radius 1 is 1.26 bits per heavy atom. The second-order valence-electron chi connectivity index (χ2n) is 4.56. The molecular weight excluding hydrogens is 254 g/mol. The number of para-hydroxylation sites is 1. The minimum Gasteiger partial charge on any atom is -0.496 e. The third-order valence-corrected chi connectivity index (χ3v) is 4.20. The third kappa shape index (κ3) is 3.37. The van der Waals surface area contributed by atoms with Crippen LogP contribution in [0.2, 0.25) is 0 Å². The molecule has 0 spiro atoms. The van der Waals surface area contributed by atoms with E-state index in [2.05, 4.69) is 42.7 Å². The maximum Gasteiger partial charge on any atom is 0.122 e. The van der Waals surface area contributed by atoms with E-state index < -0.39 is 0 Å². The van der Waals surface area contributed by atoms with E-state index in [1.54, 1.807) is 7.11 Å². The van der Waals surface area contributed by atoms with Gasteiger partial charge >= 0.3 is 0 Å². The number of methoxy groups -OCH3 is 1. The molecule has 0 radical (unpaired) electrons. The van der Waals surface area contributed by atoms with Gasteiger partial charge in [0.15, 0.2) is 0 Å². The van der Waals surface area contributed by atoms with Gasteiger partial charge in [0, 0.05) is 10.9 Å². The lowest BCUT2D eigenvalue weighted by Gasteiger charge is -2.19. The summed E-state index contributed by atoms with van der Waals surface area (Å²) in [5, 5.41) is 5.74. The topological polar surface area (TPSA) is 21.3 Å². The van der Waals surface area contributed by atoms with Gasteiger partial charge in [0.2, 0.25) is 0 Å². The van der Waals surface area contributed by atoms with Crippen LogP contribution in [0.4, 0.5) is 0 Å². The van der Waals surface area contributed by atoms with Gasteiger partial charge < -0.3 is 10.1 Å². The van der Waals surface area contributed by atoms with Gasteiger partial charge in [-0.2, -0.15) is 0 Å². The van der Waals surface area contributed by atoms with Crippen LogP contribution >= 0.6 is 11.3 Å². The first kappa shape index (κ1) is 14.1. The van der Waals surface area contributed by atoms with Crippen LogP contribution in [0.5, 0.6) is 5.75 Å². The third-order valence-electron chi connectivity index (χ3n) is 3.34. The lowest BCUT2D eigenvalue weighted by molar-refractivity contribution is 0.405. The fourth-order valence-electron chi connectivity index (χ4n) is 2.39. The van der Waals surface area contributed by atoms with Crippen LogP contribution in [0, 0.1) is 6.92 Å². The molecule has 1 aromatic carbocycles. The molecule has 0 fully saturated rings. The first-order valence-corrected chi connectivity index (χ1v) is 7.53. The summed E-state index contributed by atoms with van der Waals surface area (Å²) < 4.78 is 5.45. The first-order chi connectivity index (χ1) is 9.26. The van der Waals surface area contributed by atoms with Crippen LogP contribution < -0.4 is 10.1 Å². The Bertz CT molecular complexity index is 521. The number of aryl methyl sites for hydroxylation is 1. The quantitative estimate of drug-likeness (QED) is 0.861. The van der Waals surface area contributed by atoms with Crippen molar-refractivity contribution in [2.45, 2.75) is 26.3 Å². The first-order valence-electron chi connectivity index (χ1n) is 6.65. The Balaban J connectivity index is 2.24. The molecule has 0 aliphatic rings. The van der Waals surface area contributed by atoms with Crippen molar-refractivity contribution in [3.63, 3.8) is 0 Å². The molecule has 0 amide bonds. The van der Waals surface area contributed by atoms with Gasteiger partial charge in [0.25, 0.3) is 0 Å². The smallest absolute Gasteiger partial charge is 0.122 e.